The van der Waals surface area contributed by atoms with Crippen molar-refractivity contribution in [1.82, 2.24) is 9.88 Å². The molecule has 2 N–H and O–H groups in total. The molecule has 66 valence electrons. The van der Waals surface area contributed by atoms with E-state index in [1.807, 2.05) is 26.2 Å². The highest BCUT2D eigenvalue weighted by Gasteiger charge is 2.08. The summed E-state index contributed by atoms with van der Waals surface area (Å²) in [6.45, 7) is 2.10. The van der Waals surface area contributed by atoms with Crippen LogP contribution in [0.2, 0.25) is 0 Å². The van der Waals surface area contributed by atoms with E-state index in [9.17, 15) is 0 Å². The summed E-state index contributed by atoms with van der Waals surface area (Å²) < 4.78 is 0. The van der Waals surface area contributed by atoms with Crippen molar-refractivity contribution in [3.8, 4) is 0 Å². The quantitative estimate of drug-likeness (QED) is 0.718. The third-order valence-corrected chi connectivity index (χ3v) is 1.99. The summed E-state index contributed by atoms with van der Waals surface area (Å²) in [5, 5.41) is 0. The highest BCUT2D eigenvalue weighted by molar-refractivity contribution is 5.29. The molecule has 0 saturated heterocycles. The van der Waals surface area contributed by atoms with Gasteiger partial charge in [-0.15, -0.1) is 0 Å². The van der Waals surface area contributed by atoms with E-state index in [1.54, 1.807) is 6.07 Å². The molecule has 0 saturated carbocycles. The van der Waals surface area contributed by atoms with E-state index in [-0.39, 0.29) is 0 Å². The van der Waals surface area contributed by atoms with Gasteiger partial charge >= 0.3 is 0 Å². The van der Waals surface area contributed by atoms with Crippen LogP contribution in [0.5, 0.6) is 0 Å². The van der Waals surface area contributed by atoms with Crippen LogP contribution in [-0.2, 0) is 0 Å². The Bertz CT molecular complexity index is 258. The first-order valence-electron chi connectivity index (χ1n) is 4.00. The number of nitrogen functional groups attached to an aromatic ring is 1. The smallest absolute Gasteiger partial charge is 0.123 e. The second kappa shape index (κ2) is 3.54. The molecule has 0 fully saturated rings. The van der Waals surface area contributed by atoms with Gasteiger partial charge in [-0.3, -0.25) is 0 Å². The van der Waals surface area contributed by atoms with E-state index < -0.39 is 0 Å². The molecule has 0 aliphatic carbocycles. The molecular formula is C9H15N3. The first-order valence-corrected chi connectivity index (χ1v) is 4.00. The predicted octanol–water partition coefficient (Wildman–Crippen LogP) is 1.29. The first kappa shape index (κ1) is 9.00. The van der Waals surface area contributed by atoms with Gasteiger partial charge in [-0.2, -0.15) is 0 Å². The monoisotopic (exact) mass is 165 g/mol. The summed E-state index contributed by atoms with van der Waals surface area (Å²) in [4.78, 5) is 6.33. The summed E-state index contributed by atoms with van der Waals surface area (Å²) in [6, 6.07) is 6.03. The van der Waals surface area contributed by atoms with Crippen LogP contribution in [0, 0.1) is 0 Å². The molecule has 0 aromatic carbocycles. The highest BCUT2D eigenvalue weighted by atomic mass is 15.1. The van der Waals surface area contributed by atoms with Gasteiger partial charge in [-0.1, -0.05) is 6.07 Å². The zero-order valence-electron chi connectivity index (χ0n) is 7.78. The number of nitrogens with two attached hydrogens (primary N) is 1. The Morgan fingerprint density at radius 2 is 2.08 bits per heavy atom. The molecular weight excluding hydrogens is 150 g/mol. The van der Waals surface area contributed by atoms with E-state index >= 15 is 0 Å². The molecule has 1 atom stereocenters. The van der Waals surface area contributed by atoms with Crippen molar-refractivity contribution >= 4 is 5.82 Å². The minimum Gasteiger partial charge on any atom is -0.384 e. The lowest BCUT2D eigenvalue weighted by atomic mass is 10.2. The molecule has 0 spiro atoms. The van der Waals surface area contributed by atoms with E-state index in [4.69, 9.17) is 5.73 Å². The maximum absolute atomic E-state index is 5.57. The Balaban J connectivity index is 2.88. The Morgan fingerprint density at radius 1 is 1.42 bits per heavy atom. The van der Waals surface area contributed by atoms with Crippen LogP contribution in [0.1, 0.15) is 18.7 Å². The summed E-state index contributed by atoms with van der Waals surface area (Å²) in [7, 11) is 4.05. The van der Waals surface area contributed by atoms with Crippen molar-refractivity contribution in [1.29, 1.82) is 0 Å². The molecule has 12 heavy (non-hydrogen) atoms. The standard InChI is InChI=1S/C9H15N3/c1-7(12(2)3)8-5-4-6-9(10)11-8/h4-7H,1-3H3,(H2,10,11). The van der Waals surface area contributed by atoms with Gasteiger partial charge in [0, 0.05) is 6.04 Å². The van der Waals surface area contributed by atoms with Gasteiger partial charge in [0.05, 0.1) is 5.69 Å². The molecule has 3 heteroatoms. The zero-order chi connectivity index (χ0) is 9.14. The van der Waals surface area contributed by atoms with Crippen LogP contribution in [0.25, 0.3) is 0 Å². The summed E-state index contributed by atoms with van der Waals surface area (Å²) in [6.07, 6.45) is 0. The zero-order valence-corrected chi connectivity index (χ0v) is 7.78. The van der Waals surface area contributed by atoms with Gasteiger partial charge in [0.25, 0.3) is 0 Å². The largest absolute Gasteiger partial charge is 0.384 e. The number of anilines is 1. The van der Waals surface area contributed by atoms with Gasteiger partial charge in [0.1, 0.15) is 5.82 Å². The Morgan fingerprint density at radius 3 is 2.58 bits per heavy atom. The lowest BCUT2D eigenvalue weighted by Crippen LogP contribution is -2.18. The van der Waals surface area contributed by atoms with Gasteiger partial charge in [-0.25, -0.2) is 4.98 Å². The molecule has 1 aromatic heterocycles. The number of hydrogen-bond acceptors (Lipinski definition) is 3. The Labute approximate surface area is 73.2 Å². The fourth-order valence-corrected chi connectivity index (χ4v) is 0.966. The van der Waals surface area contributed by atoms with Crippen molar-refractivity contribution in [2.24, 2.45) is 0 Å². The summed E-state index contributed by atoms with van der Waals surface area (Å²) >= 11 is 0. The van der Waals surface area contributed by atoms with Crippen LogP contribution in [-0.4, -0.2) is 24.0 Å². The summed E-state index contributed by atoms with van der Waals surface area (Å²) in [5.74, 6) is 0.584. The van der Waals surface area contributed by atoms with Crippen molar-refractivity contribution in [3.05, 3.63) is 23.9 Å². The van der Waals surface area contributed by atoms with Crippen molar-refractivity contribution in [2.45, 2.75) is 13.0 Å². The fraction of sp³-hybridized carbons (Fsp3) is 0.444. The van der Waals surface area contributed by atoms with Crippen molar-refractivity contribution in [3.63, 3.8) is 0 Å². The van der Waals surface area contributed by atoms with Crippen LogP contribution < -0.4 is 5.73 Å². The average molecular weight is 165 g/mol. The molecule has 0 radical (unpaired) electrons. The second-order valence-corrected chi connectivity index (χ2v) is 3.13. The van der Waals surface area contributed by atoms with E-state index in [0.29, 0.717) is 11.9 Å². The third kappa shape index (κ3) is 1.95. The third-order valence-electron chi connectivity index (χ3n) is 1.99. The van der Waals surface area contributed by atoms with Crippen LogP contribution in [0.4, 0.5) is 5.82 Å². The van der Waals surface area contributed by atoms with E-state index in [1.165, 1.54) is 0 Å². The Kier molecular flexibility index (Phi) is 2.65. The topological polar surface area (TPSA) is 42.1 Å². The van der Waals surface area contributed by atoms with E-state index in [0.717, 1.165) is 5.69 Å². The summed E-state index contributed by atoms with van der Waals surface area (Å²) in [5.41, 5.74) is 6.58. The number of nitrogens with zero attached hydrogens (tertiary/aromatic N) is 2. The maximum Gasteiger partial charge on any atom is 0.123 e. The van der Waals surface area contributed by atoms with Gasteiger partial charge in [-0.05, 0) is 33.2 Å². The lowest BCUT2D eigenvalue weighted by Gasteiger charge is -2.18. The SMILES string of the molecule is CC(c1cccc(N)n1)N(C)C. The minimum atomic E-state index is 0.313. The highest BCUT2D eigenvalue weighted by Crippen LogP contribution is 2.15. The molecule has 1 aromatic rings. The first-order chi connectivity index (χ1) is 5.61. The number of hydrogen-bond donors (Lipinski definition) is 1. The molecule has 1 rings (SSSR count). The average Bonchev–Trinajstić information content (AvgIpc) is 2.03. The molecule has 0 bridgehead atoms. The van der Waals surface area contributed by atoms with Gasteiger partial charge < -0.3 is 10.6 Å². The number of aromatic nitrogens is 1. The van der Waals surface area contributed by atoms with Crippen LogP contribution in [0.15, 0.2) is 18.2 Å². The number of rotatable bonds is 2. The molecule has 1 heterocycles. The molecule has 1 unspecified atom stereocenters. The molecule has 0 aliphatic heterocycles. The maximum atomic E-state index is 5.57. The lowest BCUT2D eigenvalue weighted by molar-refractivity contribution is 0.315. The Hall–Kier alpha value is -1.09. The molecule has 0 aliphatic rings. The van der Waals surface area contributed by atoms with Crippen molar-refractivity contribution < 1.29 is 0 Å². The van der Waals surface area contributed by atoms with Gasteiger partial charge in [0.15, 0.2) is 0 Å². The van der Waals surface area contributed by atoms with Crippen LogP contribution in [0.3, 0.4) is 0 Å². The van der Waals surface area contributed by atoms with E-state index in [2.05, 4.69) is 16.8 Å². The minimum absolute atomic E-state index is 0.313. The number of pyridine rings is 1. The van der Waals surface area contributed by atoms with Crippen LogP contribution >= 0.6 is 0 Å². The normalized spacial score (nSPS) is 13.3. The molecule has 3 nitrogen and oxygen atoms in total. The van der Waals surface area contributed by atoms with Gasteiger partial charge in [0.2, 0.25) is 0 Å². The predicted molar refractivity (Wildman–Crippen MR) is 50.8 cm³/mol. The molecule has 0 amide bonds. The fourth-order valence-electron chi connectivity index (χ4n) is 0.966. The van der Waals surface area contributed by atoms with Crippen molar-refractivity contribution in [2.75, 3.05) is 19.8 Å². The second-order valence-electron chi connectivity index (χ2n) is 3.13.